The van der Waals surface area contributed by atoms with Crippen molar-refractivity contribution < 1.29 is 14.7 Å². The van der Waals surface area contributed by atoms with E-state index in [1.807, 2.05) is 104 Å². The fraction of sp³-hybridized carbons (Fsp3) is 0.176. The average molecular weight is 1120 g/mol. The van der Waals surface area contributed by atoms with Gasteiger partial charge in [-0.25, -0.2) is 18.8 Å². The van der Waals surface area contributed by atoms with Gasteiger partial charge in [-0.3, -0.25) is 50.1 Å². The lowest BCUT2D eigenvalue weighted by molar-refractivity contribution is -0.119. The number of rotatable bonds is 6. The van der Waals surface area contributed by atoms with E-state index in [4.69, 9.17) is 51.5 Å². The van der Waals surface area contributed by atoms with E-state index in [9.17, 15) is 9.59 Å². The van der Waals surface area contributed by atoms with E-state index in [0.29, 0.717) is 33.6 Å². The highest BCUT2D eigenvalue weighted by atomic mass is 35.5. The van der Waals surface area contributed by atoms with Crippen LogP contribution in [0.25, 0.3) is 17.1 Å². The number of nitrogens with zero attached hydrogens (tertiary/aromatic N) is 15. The van der Waals surface area contributed by atoms with E-state index >= 15 is 0 Å². The lowest BCUT2D eigenvalue weighted by Gasteiger charge is -2.21. The number of hydrogen-bond donors (Lipinski definition) is 2. The minimum absolute atomic E-state index is 0. The summed E-state index contributed by atoms with van der Waals surface area (Å²) in [5.41, 5.74) is 9.30. The van der Waals surface area contributed by atoms with Crippen LogP contribution in [0.3, 0.4) is 0 Å². The Kier molecular flexibility index (Phi) is 24.2. The normalized spacial score (nSPS) is 13.8. The summed E-state index contributed by atoms with van der Waals surface area (Å²) in [5.74, 6) is -1.02. The second-order valence-corrected chi connectivity index (χ2v) is 17.2. The van der Waals surface area contributed by atoms with Gasteiger partial charge < -0.3 is 5.11 Å². The Labute approximate surface area is 460 Å². The minimum Gasteiger partial charge on any atom is -0.477 e. The van der Waals surface area contributed by atoms with Crippen molar-refractivity contribution in [2.45, 2.75) is 60.0 Å². The van der Waals surface area contributed by atoms with E-state index in [1.54, 1.807) is 95.7 Å². The van der Waals surface area contributed by atoms with Gasteiger partial charge in [0.05, 0.1) is 77.9 Å². The maximum Gasteiger partial charge on any atom is 0.354 e. The van der Waals surface area contributed by atoms with E-state index in [-0.39, 0.29) is 42.6 Å². The SMILES string of the molecule is C.CC1CC(=O)NN1c1cccnc1.CC1CC(Cl)=NN1c1cccnc1.Cc1cc(Cl)nn1-c1cccnc1.Cc1cccnc1.Cl.Clc1ccn(-c2cccnc2)n1.O=C(O)c1cc(Cl)nn1-c1cccnc1. The van der Waals surface area contributed by atoms with Gasteiger partial charge in [0, 0.05) is 67.8 Å². The van der Waals surface area contributed by atoms with Crippen molar-refractivity contribution in [2.75, 3.05) is 10.0 Å². The third kappa shape index (κ3) is 18.6. The molecule has 11 heterocycles. The summed E-state index contributed by atoms with van der Waals surface area (Å²) in [6.45, 7) is 8.07. The summed E-state index contributed by atoms with van der Waals surface area (Å²) in [5, 5.41) is 30.7. The standard InChI is InChI=1S/C9H6ClN3O2.C9H10ClN3.C9H8ClN3.C9H11N3O.C8H6ClN3.C6H7N.CH4.ClH/c10-8-4-7(9(14)15)13(12-8)6-2-1-3-11-5-6;2*1-7-5-9(10)12-13(7)8-3-2-4-11-6-8;1-7-5-9(13)11-12(7)8-3-2-4-10-6-8;9-8-3-5-12(11-8)7-2-1-4-10-6-7;1-6-3-2-4-7-5-6;;/h1-5H,(H,14,15);2-4,6-7H,5H2,1H3;2-6H,1H3;2-4,6-7H,5H2,1H3,(H,11,13);1-6H;2-5H,1H3;1H4;1H. The van der Waals surface area contributed by atoms with E-state index < -0.39 is 5.97 Å². The highest BCUT2D eigenvalue weighted by Gasteiger charge is 2.26. The first-order chi connectivity index (χ1) is 35.2. The molecule has 1 saturated heterocycles. The third-order valence-electron chi connectivity index (χ3n) is 9.91. The van der Waals surface area contributed by atoms with Crippen LogP contribution in [0.5, 0.6) is 0 Å². The zero-order valence-corrected chi connectivity index (χ0v) is 44.0. The van der Waals surface area contributed by atoms with E-state index in [1.165, 1.54) is 22.5 Å². The van der Waals surface area contributed by atoms with Crippen LogP contribution in [0.1, 0.15) is 55.9 Å². The van der Waals surface area contributed by atoms with Crippen LogP contribution in [0.2, 0.25) is 15.5 Å². The molecule has 24 heteroatoms. The second kappa shape index (κ2) is 30.4. The van der Waals surface area contributed by atoms with Crippen LogP contribution >= 0.6 is 58.8 Å². The van der Waals surface area contributed by atoms with Crippen molar-refractivity contribution >= 4 is 87.2 Å². The number of hydrazone groups is 1. The number of aryl methyl sites for hydroxylation is 2. The molecule has 1 amide bonds. The first-order valence-corrected chi connectivity index (χ1v) is 23.7. The number of hydrogen-bond acceptors (Lipinski definition) is 14. The quantitative estimate of drug-likeness (QED) is 0.158. The molecule has 0 radical (unpaired) electrons. The lowest BCUT2D eigenvalue weighted by atomic mass is 10.2. The molecule has 2 aliphatic rings. The van der Waals surface area contributed by atoms with Gasteiger partial charge in [-0.05, 0) is 112 Å². The molecule has 0 spiro atoms. The van der Waals surface area contributed by atoms with Crippen molar-refractivity contribution in [2.24, 2.45) is 5.10 Å². The van der Waals surface area contributed by atoms with Crippen molar-refractivity contribution in [1.82, 2.24) is 64.7 Å². The number of anilines is 2. The molecule has 0 bridgehead atoms. The number of carbonyl (C=O) groups excluding carboxylic acids is 1. The van der Waals surface area contributed by atoms with Gasteiger partial charge in [0.25, 0.3) is 0 Å². The summed E-state index contributed by atoms with van der Waals surface area (Å²) in [7, 11) is 0. The van der Waals surface area contributed by atoms with Crippen LogP contribution < -0.4 is 15.4 Å². The topological polar surface area (TPSA) is 216 Å². The monoisotopic (exact) mass is 1110 g/mol. The zero-order valence-electron chi connectivity index (χ0n) is 40.1. The summed E-state index contributed by atoms with van der Waals surface area (Å²) in [6, 6.07) is 27.9. The maximum atomic E-state index is 11.1. The van der Waals surface area contributed by atoms with Gasteiger partial charge in [-0.2, -0.15) is 20.4 Å². The number of hydrazine groups is 1. The molecular weight excluding hydrogens is 1060 g/mol. The van der Waals surface area contributed by atoms with Crippen LogP contribution in [0.4, 0.5) is 11.4 Å². The van der Waals surface area contributed by atoms with Crippen LogP contribution in [-0.2, 0) is 4.79 Å². The molecule has 0 aromatic carbocycles. The molecule has 1 fully saturated rings. The number of carboxylic acid groups (broad SMARTS) is 1. The number of halogens is 5. The van der Waals surface area contributed by atoms with Gasteiger partial charge in [0.1, 0.15) is 5.17 Å². The maximum absolute atomic E-state index is 11.1. The lowest BCUT2D eigenvalue weighted by Crippen LogP contribution is -2.37. The number of nitrogens with one attached hydrogen (secondary N) is 1. The number of aromatic carboxylic acids is 1. The molecule has 2 aliphatic heterocycles. The fourth-order valence-corrected chi connectivity index (χ4v) is 7.45. The Morgan fingerprint density at radius 1 is 0.587 bits per heavy atom. The Bertz CT molecular complexity index is 3120. The predicted octanol–water partition coefficient (Wildman–Crippen LogP) is 11.2. The Balaban J connectivity index is 0.000000196. The van der Waals surface area contributed by atoms with Crippen molar-refractivity contribution in [3.05, 3.63) is 204 Å². The van der Waals surface area contributed by atoms with Gasteiger partial charge >= 0.3 is 5.97 Å². The minimum atomic E-state index is -1.08. The summed E-state index contributed by atoms with van der Waals surface area (Å²) < 4.78 is 4.67. The van der Waals surface area contributed by atoms with E-state index in [2.05, 4.69) is 62.7 Å². The molecule has 9 aromatic heterocycles. The largest absolute Gasteiger partial charge is 0.477 e. The van der Waals surface area contributed by atoms with Crippen LogP contribution in [-0.4, -0.2) is 93.5 Å². The number of carbonyl (C=O) groups is 2. The van der Waals surface area contributed by atoms with Gasteiger partial charge in [0.15, 0.2) is 21.2 Å². The third-order valence-corrected chi connectivity index (χ3v) is 10.7. The number of pyridine rings is 6. The Morgan fingerprint density at radius 3 is 1.45 bits per heavy atom. The molecule has 9 aromatic rings. The molecule has 390 valence electrons. The fourth-order valence-electron chi connectivity index (χ4n) is 6.59. The first-order valence-electron chi connectivity index (χ1n) is 22.2. The van der Waals surface area contributed by atoms with Gasteiger partial charge in [-0.15, -0.1) is 12.4 Å². The molecule has 0 aliphatic carbocycles. The number of amides is 1. The summed E-state index contributed by atoms with van der Waals surface area (Å²) >= 11 is 22.9. The number of carboxylic acids is 1. The molecule has 19 nitrogen and oxygen atoms in total. The number of aromatic nitrogens is 12. The molecule has 2 atom stereocenters. The summed E-state index contributed by atoms with van der Waals surface area (Å²) in [6.07, 6.45) is 23.8. The summed E-state index contributed by atoms with van der Waals surface area (Å²) in [4.78, 5) is 45.7. The molecule has 75 heavy (non-hydrogen) atoms. The Hall–Kier alpha value is -7.81. The zero-order chi connectivity index (χ0) is 52.1. The van der Waals surface area contributed by atoms with Crippen LogP contribution in [0.15, 0.2) is 177 Å². The van der Waals surface area contributed by atoms with Gasteiger partial charge in [-0.1, -0.05) is 59.9 Å². The highest BCUT2D eigenvalue weighted by molar-refractivity contribution is 6.65. The predicted molar refractivity (Wildman–Crippen MR) is 297 cm³/mol. The second-order valence-electron chi connectivity index (χ2n) is 15.6. The molecule has 2 unspecified atom stereocenters. The van der Waals surface area contributed by atoms with Crippen LogP contribution in [0, 0.1) is 13.8 Å². The molecule has 2 N–H and O–H groups in total. The Morgan fingerprint density at radius 2 is 1.07 bits per heavy atom. The van der Waals surface area contributed by atoms with Gasteiger partial charge in [0.2, 0.25) is 5.91 Å². The van der Waals surface area contributed by atoms with Crippen molar-refractivity contribution in [3.8, 4) is 17.1 Å². The smallest absolute Gasteiger partial charge is 0.354 e. The average Bonchev–Trinajstić information content (AvgIpc) is 4.25. The molecule has 11 rings (SSSR count). The molecular formula is C51H53Cl5N16O3. The van der Waals surface area contributed by atoms with Crippen molar-refractivity contribution in [3.63, 3.8) is 0 Å². The molecule has 0 saturated carbocycles. The van der Waals surface area contributed by atoms with E-state index in [0.717, 1.165) is 34.9 Å². The highest BCUT2D eigenvalue weighted by Crippen LogP contribution is 2.24. The first kappa shape index (κ1) is 59.8. The van der Waals surface area contributed by atoms with Crippen molar-refractivity contribution in [1.29, 1.82) is 0 Å².